The van der Waals surface area contributed by atoms with E-state index in [1.807, 2.05) is 6.21 Å². The maximum Gasteiger partial charge on any atom is 0.0905 e. The molecule has 2 rings (SSSR count). The Labute approximate surface area is 114 Å². The number of aliphatic hydroxyl groups excluding tert-OH is 1. The van der Waals surface area contributed by atoms with Crippen LogP contribution < -0.4 is 0 Å². The molecule has 1 aliphatic heterocycles. The summed E-state index contributed by atoms with van der Waals surface area (Å²) in [6.45, 7) is 6.12. The number of aliphatic imine (C=N–C) groups is 1. The van der Waals surface area contributed by atoms with Crippen molar-refractivity contribution in [3.63, 3.8) is 0 Å². The van der Waals surface area contributed by atoms with E-state index in [4.69, 9.17) is 4.74 Å². The lowest BCUT2D eigenvalue weighted by atomic mass is 9.82. The van der Waals surface area contributed by atoms with Crippen LogP contribution in [-0.2, 0) is 4.74 Å². The molecule has 3 nitrogen and oxygen atoms in total. The summed E-state index contributed by atoms with van der Waals surface area (Å²) >= 11 is 0. The highest BCUT2D eigenvalue weighted by molar-refractivity contribution is 5.84. The van der Waals surface area contributed by atoms with Crippen molar-refractivity contribution in [3.8, 4) is 0 Å². The average Bonchev–Trinajstić information content (AvgIpc) is 2.41. The highest BCUT2D eigenvalue weighted by atomic mass is 16.5. The number of methoxy groups -OCH3 is 1. The Balaban J connectivity index is 2.29. The Morgan fingerprint density at radius 2 is 2.26 bits per heavy atom. The molecule has 0 saturated heterocycles. The van der Waals surface area contributed by atoms with Crippen LogP contribution in [0.1, 0.15) is 35.4 Å². The van der Waals surface area contributed by atoms with Crippen LogP contribution in [0.5, 0.6) is 0 Å². The largest absolute Gasteiger partial charge is 0.502 e. The van der Waals surface area contributed by atoms with Gasteiger partial charge in [0.15, 0.2) is 0 Å². The Morgan fingerprint density at radius 1 is 1.47 bits per heavy atom. The molecule has 1 aromatic rings. The Hall–Kier alpha value is -1.61. The molecule has 102 valence electrons. The molecule has 1 aromatic carbocycles. The minimum Gasteiger partial charge on any atom is -0.502 e. The van der Waals surface area contributed by atoms with Crippen molar-refractivity contribution in [1.82, 2.24) is 0 Å². The Kier molecular flexibility index (Phi) is 4.38. The molecule has 1 heterocycles. The van der Waals surface area contributed by atoms with Gasteiger partial charge < -0.3 is 9.84 Å². The minimum atomic E-state index is 0.106. The topological polar surface area (TPSA) is 41.8 Å². The van der Waals surface area contributed by atoms with Crippen LogP contribution in [0.15, 0.2) is 35.5 Å². The molecule has 1 aliphatic rings. The van der Waals surface area contributed by atoms with Crippen LogP contribution in [0.2, 0.25) is 0 Å². The summed E-state index contributed by atoms with van der Waals surface area (Å²) in [6.07, 6.45) is 3.35. The van der Waals surface area contributed by atoms with Gasteiger partial charge in [-0.2, -0.15) is 0 Å². The fourth-order valence-corrected chi connectivity index (χ4v) is 2.63. The third-order valence-electron chi connectivity index (χ3n) is 3.68. The SMILES string of the molecule is C=C(CC1N=Cc2cc(C)ccc2C1CCO)OC. The molecular formula is C16H21NO2. The molecule has 0 fully saturated rings. The lowest BCUT2D eigenvalue weighted by molar-refractivity contribution is 0.246. The summed E-state index contributed by atoms with van der Waals surface area (Å²) in [5.41, 5.74) is 3.66. The van der Waals surface area contributed by atoms with E-state index < -0.39 is 0 Å². The van der Waals surface area contributed by atoms with E-state index in [1.54, 1.807) is 7.11 Å². The zero-order valence-electron chi connectivity index (χ0n) is 11.6. The number of ether oxygens (including phenoxy) is 1. The van der Waals surface area contributed by atoms with Crippen LogP contribution in [0, 0.1) is 6.92 Å². The number of benzene rings is 1. The third-order valence-corrected chi connectivity index (χ3v) is 3.68. The fraction of sp³-hybridized carbons (Fsp3) is 0.438. The number of fused-ring (bicyclic) bond motifs is 1. The monoisotopic (exact) mass is 259 g/mol. The summed E-state index contributed by atoms with van der Waals surface area (Å²) in [7, 11) is 1.63. The van der Waals surface area contributed by atoms with Crippen LogP contribution in [0.25, 0.3) is 0 Å². The van der Waals surface area contributed by atoms with Gasteiger partial charge in [-0.15, -0.1) is 0 Å². The van der Waals surface area contributed by atoms with Crippen molar-refractivity contribution in [2.75, 3.05) is 13.7 Å². The van der Waals surface area contributed by atoms with Crippen molar-refractivity contribution >= 4 is 6.21 Å². The number of aryl methyl sites for hydroxylation is 1. The number of hydrogen-bond acceptors (Lipinski definition) is 3. The first kappa shape index (κ1) is 13.8. The highest BCUT2D eigenvalue weighted by Gasteiger charge is 2.27. The molecule has 2 unspecified atom stereocenters. The van der Waals surface area contributed by atoms with Gasteiger partial charge in [-0.25, -0.2) is 0 Å². The van der Waals surface area contributed by atoms with Gasteiger partial charge in [0.05, 0.1) is 18.9 Å². The third kappa shape index (κ3) is 3.04. The van der Waals surface area contributed by atoms with Gasteiger partial charge in [0, 0.05) is 25.2 Å². The van der Waals surface area contributed by atoms with Gasteiger partial charge in [-0.05, 0) is 24.5 Å². The summed E-state index contributed by atoms with van der Waals surface area (Å²) in [5.74, 6) is 0.971. The smallest absolute Gasteiger partial charge is 0.0905 e. The summed E-state index contributed by atoms with van der Waals surface area (Å²) in [6, 6.07) is 6.52. The number of hydrogen-bond donors (Lipinski definition) is 1. The maximum atomic E-state index is 9.30. The number of aliphatic hydroxyl groups is 1. The van der Waals surface area contributed by atoms with E-state index in [0.29, 0.717) is 6.42 Å². The predicted octanol–water partition coefficient (Wildman–Crippen LogP) is 2.81. The molecule has 0 aliphatic carbocycles. The lowest BCUT2D eigenvalue weighted by Crippen LogP contribution is -2.24. The van der Waals surface area contributed by atoms with E-state index in [2.05, 4.69) is 36.7 Å². The molecule has 0 bridgehead atoms. The van der Waals surface area contributed by atoms with Crippen molar-refractivity contribution < 1.29 is 9.84 Å². The van der Waals surface area contributed by atoms with Crippen molar-refractivity contribution in [1.29, 1.82) is 0 Å². The fourth-order valence-electron chi connectivity index (χ4n) is 2.63. The van der Waals surface area contributed by atoms with Crippen LogP contribution in [-0.4, -0.2) is 31.1 Å². The van der Waals surface area contributed by atoms with Crippen LogP contribution in [0.3, 0.4) is 0 Å². The van der Waals surface area contributed by atoms with Gasteiger partial charge >= 0.3 is 0 Å². The van der Waals surface area contributed by atoms with E-state index in [9.17, 15) is 5.11 Å². The second-order valence-electron chi connectivity index (χ2n) is 5.04. The first-order valence-electron chi connectivity index (χ1n) is 6.62. The Morgan fingerprint density at radius 3 is 2.95 bits per heavy atom. The Bertz CT molecular complexity index is 494. The lowest BCUT2D eigenvalue weighted by Gasteiger charge is -2.29. The van der Waals surface area contributed by atoms with Gasteiger partial charge in [-0.3, -0.25) is 4.99 Å². The summed E-state index contributed by atoms with van der Waals surface area (Å²) in [5, 5.41) is 9.30. The second-order valence-corrected chi connectivity index (χ2v) is 5.04. The quantitative estimate of drug-likeness (QED) is 0.826. The summed E-state index contributed by atoms with van der Waals surface area (Å²) in [4.78, 5) is 4.62. The van der Waals surface area contributed by atoms with Gasteiger partial charge in [-0.1, -0.05) is 30.3 Å². The predicted molar refractivity (Wildman–Crippen MR) is 77.8 cm³/mol. The highest BCUT2D eigenvalue weighted by Crippen LogP contribution is 2.34. The van der Waals surface area contributed by atoms with Crippen molar-refractivity contribution in [3.05, 3.63) is 47.2 Å². The second kappa shape index (κ2) is 6.02. The number of rotatable bonds is 5. The molecule has 19 heavy (non-hydrogen) atoms. The summed E-state index contributed by atoms with van der Waals surface area (Å²) < 4.78 is 5.16. The van der Waals surface area contributed by atoms with Crippen LogP contribution >= 0.6 is 0 Å². The average molecular weight is 259 g/mol. The van der Waals surface area contributed by atoms with Crippen LogP contribution in [0.4, 0.5) is 0 Å². The van der Waals surface area contributed by atoms with Gasteiger partial charge in [0.2, 0.25) is 0 Å². The van der Waals surface area contributed by atoms with Crippen molar-refractivity contribution in [2.45, 2.75) is 31.7 Å². The normalized spacial score (nSPS) is 21.0. The zero-order chi connectivity index (χ0) is 13.8. The molecule has 0 spiro atoms. The van der Waals surface area contributed by atoms with E-state index in [0.717, 1.165) is 17.7 Å². The van der Waals surface area contributed by atoms with Gasteiger partial charge in [0.25, 0.3) is 0 Å². The molecule has 0 aromatic heterocycles. The first-order valence-corrected chi connectivity index (χ1v) is 6.62. The molecular weight excluding hydrogens is 238 g/mol. The standard InChI is InChI=1S/C16H21NO2/c1-11-4-5-14-13(8-11)10-17-16(9-12(2)19-3)15(14)6-7-18/h4-5,8,10,15-16,18H,2,6-7,9H2,1,3H3. The molecule has 1 N–H and O–H groups in total. The first-order chi connectivity index (χ1) is 9.15. The molecule has 0 radical (unpaired) electrons. The molecule has 0 amide bonds. The van der Waals surface area contributed by atoms with Gasteiger partial charge in [0.1, 0.15) is 0 Å². The minimum absolute atomic E-state index is 0.106. The number of nitrogens with zero attached hydrogens (tertiary/aromatic N) is 1. The van der Waals surface area contributed by atoms with E-state index in [1.165, 1.54) is 11.1 Å². The molecule has 0 saturated carbocycles. The zero-order valence-corrected chi connectivity index (χ0v) is 11.6. The van der Waals surface area contributed by atoms with E-state index in [-0.39, 0.29) is 18.6 Å². The molecule has 2 atom stereocenters. The van der Waals surface area contributed by atoms with Crippen molar-refractivity contribution in [2.24, 2.45) is 4.99 Å². The maximum absolute atomic E-state index is 9.30. The van der Waals surface area contributed by atoms with E-state index >= 15 is 0 Å². The molecule has 3 heteroatoms.